The fraction of sp³-hybridized carbons (Fsp3) is 0.467. The van der Waals surface area contributed by atoms with E-state index < -0.39 is 11.9 Å². The Morgan fingerprint density at radius 2 is 1.95 bits per heavy atom. The lowest BCUT2D eigenvalue weighted by Gasteiger charge is -2.25. The summed E-state index contributed by atoms with van der Waals surface area (Å²) >= 11 is 0. The molecule has 0 saturated carbocycles. The first-order chi connectivity index (χ1) is 10.0. The number of para-hydroxylation sites is 1. The number of nitrogens with zero attached hydrogens (tertiary/aromatic N) is 1. The molecule has 1 unspecified atom stereocenters. The van der Waals surface area contributed by atoms with Crippen molar-refractivity contribution >= 4 is 11.9 Å². The number of hydrogen-bond donors (Lipinski definition) is 1. The number of rotatable bonds is 7. The van der Waals surface area contributed by atoms with Gasteiger partial charge in [0.1, 0.15) is 5.75 Å². The zero-order valence-electron chi connectivity index (χ0n) is 12.5. The van der Waals surface area contributed by atoms with Gasteiger partial charge in [0, 0.05) is 13.1 Å². The number of hydrogen-bond acceptors (Lipinski definition) is 5. The summed E-state index contributed by atoms with van der Waals surface area (Å²) < 4.78 is 9.82. The maximum absolute atomic E-state index is 12.5. The molecular weight excluding hydrogens is 274 g/mol. The summed E-state index contributed by atoms with van der Waals surface area (Å²) in [6.45, 7) is 1.79. The highest BCUT2D eigenvalue weighted by Gasteiger charge is 2.23. The van der Waals surface area contributed by atoms with Gasteiger partial charge in [-0.15, -0.1) is 0 Å². The number of esters is 1. The van der Waals surface area contributed by atoms with Gasteiger partial charge < -0.3 is 19.5 Å². The van der Waals surface area contributed by atoms with Crippen LogP contribution in [0.5, 0.6) is 5.75 Å². The molecule has 1 N–H and O–H groups in total. The zero-order chi connectivity index (χ0) is 15.8. The van der Waals surface area contributed by atoms with Gasteiger partial charge in [0.25, 0.3) is 5.91 Å². The summed E-state index contributed by atoms with van der Waals surface area (Å²) in [7, 11) is 2.79. The lowest BCUT2D eigenvalue weighted by atomic mass is 10.1. The summed E-state index contributed by atoms with van der Waals surface area (Å²) in [5.74, 6) is -0.709. The molecule has 1 aromatic rings. The van der Waals surface area contributed by atoms with E-state index in [9.17, 15) is 9.59 Å². The first-order valence-corrected chi connectivity index (χ1v) is 6.66. The third-order valence-electron chi connectivity index (χ3n) is 3.09. The van der Waals surface area contributed by atoms with Gasteiger partial charge in [0.2, 0.25) is 0 Å². The number of benzene rings is 1. The van der Waals surface area contributed by atoms with E-state index in [-0.39, 0.29) is 25.6 Å². The van der Waals surface area contributed by atoms with E-state index >= 15 is 0 Å². The maximum atomic E-state index is 12.5. The van der Waals surface area contributed by atoms with Crippen molar-refractivity contribution in [1.82, 2.24) is 4.90 Å². The molecule has 1 amide bonds. The third-order valence-corrected chi connectivity index (χ3v) is 3.09. The minimum Gasteiger partial charge on any atom is -0.496 e. The molecule has 0 heterocycles. The summed E-state index contributed by atoms with van der Waals surface area (Å²) in [6, 6.07) is 6.84. The largest absolute Gasteiger partial charge is 0.496 e. The number of amides is 1. The van der Waals surface area contributed by atoms with Crippen LogP contribution in [0, 0.1) is 5.92 Å². The number of carbonyl (C=O) groups excluding carboxylic acids is 2. The van der Waals surface area contributed by atoms with Crippen molar-refractivity contribution in [3.63, 3.8) is 0 Å². The molecule has 116 valence electrons. The Labute approximate surface area is 124 Å². The van der Waals surface area contributed by atoms with Crippen molar-refractivity contribution < 1.29 is 24.2 Å². The number of ether oxygens (including phenoxy) is 2. The molecule has 6 nitrogen and oxygen atoms in total. The molecular formula is C15H21NO5. The SMILES string of the molecule is COC(=O)C(C)CN(CCO)C(=O)c1ccccc1OC. The van der Waals surface area contributed by atoms with Crippen LogP contribution in [0.2, 0.25) is 0 Å². The van der Waals surface area contributed by atoms with Gasteiger partial charge in [-0.2, -0.15) is 0 Å². The monoisotopic (exact) mass is 295 g/mol. The molecule has 6 heteroatoms. The first-order valence-electron chi connectivity index (χ1n) is 6.66. The standard InChI is InChI=1S/C15H21NO5/c1-11(15(19)21-3)10-16(8-9-17)14(18)12-6-4-5-7-13(12)20-2/h4-7,11,17H,8-10H2,1-3H3. The van der Waals surface area contributed by atoms with Crippen LogP contribution in [-0.2, 0) is 9.53 Å². The normalized spacial score (nSPS) is 11.6. The van der Waals surface area contributed by atoms with Crippen LogP contribution in [0.3, 0.4) is 0 Å². The Hall–Kier alpha value is -2.08. The molecule has 21 heavy (non-hydrogen) atoms. The van der Waals surface area contributed by atoms with Crippen molar-refractivity contribution in [2.75, 3.05) is 33.9 Å². The second-order valence-electron chi connectivity index (χ2n) is 4.60. The van der Waals surface area contributed by atoms with Crippen LogP contribution < -0.4 is 4.74 Å². The Kier molecular flexibility index (Phi) is 6.68. The molecule has 0 aliphatic rings. The van der Waals surface area contributed by atoms with Gasteiger partial charge in [0.05, 0.1) is 32.3 Å². The van der Waals surface area contributed by atoms with E-state index in [2.05, 4.69) is 4.74 Å². The highest BCUT2D eigenvalue weighted by atomic mass is 16.5. The maximum Gasteiger partial charge on any atom is 0.310 e. The van der Waals surface area contributed by atoms with E-state index in [0.717, 1.165) is 0 Å². The molecule has 1 rings (SSSR count). The number of aliphatic hydroxyl groups excluding tert-OH is 1. The molecule has 0 saturated heterocycles. The van der Waals surface area contributed by atoms with Crippen molar-refractivity contribution in [1.29, 1.82) is 0 Å². The summed E-state index contributed by atoms with van der Waals surface area (Å²) in [6.07, 6.45) is 0. The van der Waals surface area contributed by atoms with Gasteiger partial charge in [-0.3, -0.25) is 9.59 Å². The predicted molar refractivity (Wildman–Crippen MR) is 77.2 cm³/mol. The molecule has 0 spiro atoms. The lowest BCUT2D eigenvalue weighted by molar-refractivity contribution is -0.145. The predicted octanol–water partition coefficient (Wildman–Crippen LogP) is 0.939. The summed E-state index contributed by atoms with van der Waals surface area (Å²) in [5, 5.41) is 9.13. The highest BCUT2D eigenvalue weighted by molar-refractivity contribution is 5.97. The molecule has 0 radical (unpaired) electrons. The topological polar surface area (TPSA) is 76.1 Å². The average molecular weight is 295 g/mol. The fourth-order valence-electron chi connectivity index (χ4n) is 1.99. The average Bonchev–Trinajstić information content (AvgIpc) is 2.52. The van der Waals surface area contributed by atoms with Crippen LogP contribution in [0.4, 0.5) is 0 Å². The fourth-order valence-corrected chi connectivity index (χ4v) is 1.99. The van der Waals surface area contributed by atoms with Crippen molar-refractivity contribution in [2.24, 2.45) is 5.92 Å². The van der Waals surface area contributed by atoms with Gasteiger partial charge in [0.15, 0.2) is 0 Å². The zero-order valence-corrected chi connectivity index (χ0v) is 12.5. The first kappa shape index (κ1) is 17.0. The van der Waals surface area contributed by atoms with Crippen molar-refractivity contribution in [3.05, 3.63) is 29.8 Å². The van der Waals surface area contributed by atoms with Crippen LogP contribution in [0.15, 0.2) is 24.3 Å². The molecule has 0 aliphatic heterocycles. The van der Waals surface area contributed by atoms with Crippen LogP contribution in [0.25, 0.3) is 0 Å². The smallest absolute Gasteiger partial charge is 0.310 e. The van der Waals surface area contributed by atoms with Crippen LogP contribution >= 0.6 is 0 Å². The Morgan fingerprint density at radius 1 is 1.29 bits per heavy atom. The number of methoxy groups -OCH3 is 2. The van der Waals surface area contributed by atoms with Gasteiger partial charge in [-0.05, 0) is 12.1 Å². The van der Waals surface area contributed by atoms with Crippen molar-refractivity contribution in [2.45, 2.75) is 6.92 Å². The minimum atomic E-state index is -0.472. The second-order valence-corrected chi connectivity index (χ2v) is 4.60. The number of carbonyl (C=O) groups is 2. The number of aliphatic hydroxyl groups is 1. The van der Waals surface area contributed by atoms with E-state index in [0.29, 0.717) is 11.3 Å². The Balaban J connectivity index is 2.94. The Morgan fingerprint density at radius 3 is 2.52 bits per heavy atom. The summed E-state index contributed by atoms with van der Waals surface area (Å²) in [4.78, 5) is 25.4. The molecule has 0 bridgehead atoms. The quantitative estimate of drug-likeness (QED) is 0.758. The van der Waals surface area contributed by atoms with Crippen molar-refractivity contribution in [3.8, 4) is 5.75 Å². The Bertz CT molecular complexity index is 489. The second kappa shape index (κ2) is 8.26. The molecule has 0 aromatic heterocycles. The van der Waals surface area contributed by atoms with E-state index in [1.54, 1.807) is 31.2 Å². The van der Waals surface area contributed by atoms with Gasteiger partial charge >= 0.3 is 5.97 Å². The third kappa shape index (κ3) is 4.46. The van der Waals surface area contributed by atoms with Gasteiger partial charge in [-0.1, -0.05) is 19.1 Å². The van der Waals surface area contributed by atoms with E-state index in [1.165, 1.54) is 19.1 Å². The molecule has 0 fully saturated rings. The van der Waals surface area contributed by atoms with Crippen LogP contribution in [-0.4, -0.2) is 55.8 Å². The van der Waals surface area contributed by atoms with E-state index in [4.69, 9.17) is 9.84 Å². The molecule has 0 aliphatic carbocycles. The van der Waals surface area contributed by atoms with Crippen LogP contribution in [0.1, 0.15) is 17.3 Å². The highest BCUT2D eigenvalue weighted by Crippen LogP contribution is 2.20. The summed E-state index contributed by atoms with van der Waals surface area (Å²) in [5.41, 5.74) is 0.394. The van der Waals surface area contributed by atoms with E-state index in [1.807, 2.05) is 0 Å². The molecule has 1 aromatic carbocycles. The molecule has 1 atom stereocenters. The lowest BCUT2D eigenvalue weighted by Crippen LogP contribution is -2.39. The van der Waals surface area contributed by atoms with Gasteiger partial charge in [-0.25, -0.2) is 0 Å². The minimum absolute atomic E-state index is 0.137.